The first kappa shape index (κ1) is 21.0. The molecule has 0 radical (unpaired) electrons. The topological polar surface area (TPSA) is 99.7 Å². The molecule has 2 N–H and O–H groups in total. The van der Waals surface area contributed by atoms with Gasteiger partial charge in [0.1, 0.15) is 17.5 Å². The van der Waals surface area contributed by atoms with E-state index in [0.29, 0.717) is 18.2 Å². The molecule has 8 heteroatoms. The van der Waals surface area contributed by atoms with Gasteiger partial charge < -0.3 is 10.2 Å². The number of aromatic nitrogens is 5. The van der Waals surface area contributed by atoms with Crippen molar-refractivity contribution in [1.82, 2.24) is 25.1 Å². The molecule has 1 aliphatic carbocycles. The van der Waals surface area contributed by atoms with Crippen molar-refractivity contribution in [3.05, 3.63) is 47.2 Å². The first-order chi connectivity index (χ1) is 14.7. The van der Waals surface area contributed by atoms with E-state index in [2.05, 4.69) is 44.3 Å². The van der Waals surface area contributed by atoms with E-state index in [-0.39, 0.29) is 11.3 Å². The van der Waals surface area contributed by atoms with Gasteiger partial charge in [0.2, 0.25) is 5.91 Å². The first-order valence-corrected chi connectivity index (χ1v) is 10.6. The summed E-state index contributed by atoms with van der Waals surface area (Å²) in [6.45, 7) is 8.51. The van der Waals surface area contributed by atoms with E-state index in [9.17, 15) is 4.79 Å². The fraction of sp³-hybridized carbons (Fsp3) is 0.435. The second-order valence-corrected chi connectivity index (χ2v) is 9.04. The summed E-state index contributed by atoms with van der Waals surface area (Å²) in [5, 5.41) is 11.2. The average molecular weight is 420 g/mol. The predicted octanol–water partition coefficient (Wildman–Crippen LogP) is 3.68. The summed E-state index contributed by atoms with van der Waals surface area (Å²) < 4.78 is 0. The second kappa shape index (κ2) is 8.09. The van der Waals surface area contributed by atoms with Crippen molar-refractivity contribution in [3.63, 3.8) is 0 Å². The van der Waals surface area contributed by atoms with Gasteiger partial charge in [-0.3, -0.25) is 9.89 Å². The Labute approximate surface area is 182 Å². The summed E-state index contributed by atoms with van der Waals surface area (Å²) in [6.07, 6.45) is 6.69. The number of anilines is 2. The van der Waals surface area contributed by atoms with Gasteiger partial charge in [-0.05, 0) is 43.7 Å². The zero-order valence-electron chi connectivity index (χ0n) is 18.8. The molecule has 162 valence electrons. The third-order valence-corrected chi connectivity index (χ3v) is 5.87. The molecule has 0 spiro atoms. The number of amides is 1. The lowest BCUT2D eigenvalue weighted by Crippen LogP contribution is -2.24. The van der Waals surface area contributed by atoms with E-state index in [1.807, 2.05) is 19.1 Å². The lowest BCUT2D eigenvalue weighted by Gasteiger charge is -2.29. The highest BCUT2D eigenvalue weighted by atomic mass is 16.2. The maximum atomic E-state index is 12.0. The summed E-state index contributed by atoms with van der Waals surface area (Å²) in [5.74, 6) is 1.92. The molecule has 8 nitrogen and oxygen atoms in total. The van der Waals surface area contributed by atoms with Gasteiger partial charge in [-0.25, -0.2) is 15.0 Å². The van der Waals surface area contributed by atoms with Crippen LogP contribution >= 0.6 is 0 Å². The molecule has 0 aromatic carbocycles. The monoisotopic (exact) mass is 419 g/mol. The number of H-pyrrole nitrogens is 1. The van der Waals surface area contributed by atoms with Crippen LogP contribution in [-0.2, 0) is 24.2 Å². The second-order valence-electron chi connectivity index (χ2n) is 9.04. The molecule has 0 fully saturated rings. The minimum absolute atomic E-state index is 0.0756. The number of nitrogens with zero attached hydrogens (tertiary/aromatic N) is 5. The third-order valence-electron chi connectivity index (χ3n) is 5.87. The van der Waals surface area contributed by atoms with Crippen LogP contribution in [0, 0.1) is 12.3 Å². The molecule has 31 heavy (non-hydrogen) atoms. The number of pyridine rings is 1. The van der Waals surface area contributed by atoms with Crippen molar-refractivity contribution in [2.45, 2.75) is 53.5 Å². The minimum atomic E-state index is -0.0756. The number of aromatic amines is 1. The van der Waals surface area contributed by atoms with Crippen LogP contribution in [0.5, 0.6) is 0 Å². The van der Waals surface area contributed by atoms with Gasteiger partial charge >= 0.3 is 0 Å². The number of hydrogen-bond donors (Lipinski definition) is 2. The Morgan fingerprint density at radius 3 is 2.71 bits per heavy atom. The largest absolute Gasteiger partial charge is 0.366 e. The fourth-order valence-corrected chi connectivity index (χ4v) is 3.87. The molecular formula is C23H29N7O. The molecule has 0 aliphatic heterocycles. The Morgan fingerprint density at radius 2 is 2.00 bits per heavy atom. The molecule has 3 heterocycles. The van der Waals surface area contributed by atoms with Gasteiger partial charge in [0, 0.05) is 55.3 Å². The van der Waals surface area contributed by atoms with Crippen molar-refractivity contribution in [1.29, 1.82) is 0 Å². The summed E-state index contributed by atoms with van der Waals surface area (Å²) in [7, 11) is 1.73. The highest BCUT2D eigenvalue weighted by Gasteiger charge is 2.29. The van der Waals surface area contributed by atoms with Crippen LogP contribution in [0.25, 0.3) is 11.3 Å². The van der Waals surface area contributed by atoms with Crippen molar-refractivity contribution in [2.24, 2.45) is 5.41 Å². The molecule has 0 saturated carbocycles. The quantitative estimate of drug-likeness (QED) is 0.654. The highest BCUT2D eigenvalue weighted by molar-refractivity contribution is 5.91. The molecule has 0 unspecified atom stereocenters. The summed E-state index contributed by atoms with van der Waals surface area (Å²) >= 11 is 0. The Bertz CT molecular complexity index is 1100. The average Bonchev–Trinajstić information content (AvgIpc) is 3.14. The van der Waals surface area contributed by atoms with E-state index in [1.165, 1.54) is 18.2 Å². The third kappa shape index (κ3) is 4.57. The van der Waals surface area contributed by atoms with E-state index >= 15 is 0 Å². The SMILES string of the molecule is CC(=O)N(C)c1cc(-c2n[nH]c3c2CCC(C)(C)C3)cc(NCc2cnc(C)nc2)n1. The van der Waals surface area contributed by atoms with Crippen LogP contribution in [0.1, 0.15) is 49.8 Å². The molecule has 1 aliphatic rings. The van der Waals surface area contributed by atoms with E-state index in [1.54, 1.807) is 24.3 Å². The summed E-state index contributed by atoms with van der Waals surface area (Å²) in [6, 6.07) is 3.92. The van der Waals surface area contributed by atoms with E-state index in [4.69, 9.17) is 0 Å². The van der Waals surface area contributed by atoms with Crippen LogP contribution in [0.2, 0.25) is 0 Å². The highest BCUT2D eigenvalue weighted by Crippen LogP contribution is 2.38. The Balaban J connectivity index is 1.68. The maximum absolute atomic E-state index is 12.0. The Hall–Kier alpha value is -3.29. The van der Waals surface area contributed by atoms with Crippen LogP contribution in [-0.4, -0.2) is 38.1 Å². The van der Waals surface area contributed by atoms with Crippen LogP contribution in [0.4, 0.5) is 11.6 Å². The zero-order valence-corrected chi connectivity index (χ0v) is 18.8. The first-order valence-electron chi connectivity index (χ1n) is 10.6. The van der Waals surface area contributed by atoms with E-state index < -0.39 is 0 Å². The smallest absolute Gasteiger partial charge is 0.224 e. The number of rotatable bonds is 5. The van der Waals surface area contributed by atoms with Crippen LogP contribution in [0.15, 0.2) is 24.5 Å². The van der Waals surface area contributed by atoms with Gasteiger partial charge in [0.05, 0.1) is 5.69 Å². The summed E-state index contributed by atoms with van der Waals surface area (Å²) in [4.78, 5) is 26.7. The Morgan fingerprint density at radius 1 is 1.26 bits per heavy atom. The molecule has 3 aromatic rings. The standard InChI is InChI=1S/C23H29N7O/c1-14-24-11-16(12-25-14)13-26-20-8-17(9-21(27-20)30(5)15(2)31)22-18-6-7-23(3,4)10-19(18)28-29-22/h8-9,11-12H,6-7,10,13H2,1-5H3,(H,26,27)(H,28,29). The molecule has 4 rings (SSSR count). The number of carbonyl (C=O) groups excluding carboxylic acids is 1. The summed E-state index contributed by atoms with van der Waals surface area (Å²) in [5.41, 5.74) is 5.58. The van der Waals surface area contributed by atoms with Crippen molar-refractivity contribution in [2.75, 3.05) is 17.3 Å². The number of aryl methyl sites for hydroxylation is 1. The van der Waals surface area contributed by atoms with Crippen LogP contribution in [0.3, 0.4) is 0 Å². The maximum Gasteiger partial charge on any atom is 0.224 e. The number of fused-ring (bicyclic) bond motifs is 1. The molecule has 0 saturated heterocycles. The van der Waals surface area contributed by atoms with Gasteiger partial charge in [-0.2, -0.15) is 5.10 Å². The minimum Gasteiger partial charge on any atom is -0.366 e. The van der Waals surface area contributed by atoms with Crippen molar-refractivity contribution < 1.29 is 4.79 Å². The van der Waals surface area contributed by atoms with Gasteiger partial charge in [-0.15, -0.1) is 0 Å². The molecule has 0 atom stereocenters. The molecule has 3 aromatic heterocycles. The number of carbonyl (C=O) groups is 1. The Kier molecular flexibility index (Phi) is 5.47. The van der Waals surface area contributed by atoms with Crippen LogP contribution < -0.4 is 10.2 Å². The van der Waals surface area contributed by atoms with Gasteiger partial charge in [-0.1, -0.05) is 13.8 Å². The van der Waals surface area contributed by atoms with Gasteiger partial charge in [0.15, 0.2) is 0 Å². The fourth-order valence-electron chi connectivity index (χ4n) is 3.87. The molecular weight excluding hydrogens is 390 g/mol. The normalized spacial score (nSPS) is 14.7. The lowest BCUT2D eigenvalue weighted by molar-refractivity contribution is -0.116. The van der Waals surface area contributed by atoms with Crippen molar-refractivity contribution >= 4 is 17.5 Å². The van der Waals surface area contributed by atoms with E-state index in [0.717, 1.165) is 41.9 Å². The lowest BCUT2D eigenvalue weighted by atomic mass is 9.76. The molecule has 0 bridgehead atoms. The van der Waals surface area contributed by atoms with Crippen molar-refractivity contribution in [3.8, 4) is 11.3 Å². The number of nitrogens with one attached hydrogen (secondary N) is 2. The van der Waals surface area contributed by atoms with Gasteiger partial charge in [0.25, 0.3) is 0 Å². The number of hydrogen-bond acceptors (Lipinski definition) is 6. The zero-order chi connectivity index (χ0) is 22.2. The molecule has 1 amide bonds. The predicted molar refractivity (Wildman–Crippen MR) is 121 cm³/mol.